The third-order valence-electron chi connectivity index (χ3n) is 2.57. The molecule has 2 aromatic rings. The summed E-state index contributed by atoms with van der Waals surface area (Å²) in [6.07, 6.45) is 1.92. The van der Waals surface area contributed by atoms with Crippen LogP contribution in [-0.2, 0) is 11.8 Å². The monoisotopic (exact) mass is 203 g/mol. The number of aryl methyl sites for hydroxylation is 1. The zero-order valence-electron chi connectivity index (χ0n) is 8.77. The van der Waals surface area contributed by atoms with Gasteiger partial charge in [0.1, 0.15) is 0 Å². The Balaban J connectivity index is 2.50. The molecule has 0 aliphatic heterocycles. The maximum atomic E-state index is 11.0. The molecule has 4 nitrogen and oxygen atoms in total. The number of hydrogen-bond acceptors (Lipinski definition) is 2. The lowest BCUT2D eigenvalue weighted by Crippen LogP contribution is -2.18. The Kier molecular flexibility index (Phi) is 2.19. The Morgan fingerprint density at radius 2 is 2.27 bits per heavy atom. The standard InChI is InChI=1S/C11H13N3O/c1-7(11(12)15)8-3-4-10-9(5-8)6-14(2)13-10/h3-7H,1-2H3,(H2,12,15). The number of carbonyl (C=O) groups excluding carboxylic acids is 1. The largest absolute Gasteiger partial charge is 0.369 e. The molecule has 4 heteroatoms. The fourth-order valence-electron chi connectivity index (χ4n) is 1.60. The number of amides is 1. The van der Waals surface area contributed by atoms with E-state index in [1.165, 1.54) is 0 Å². The predicted octanol–water partition coefficient (Wildman–Crippen LogP) is 1.16. The highest BCUT2D eigenvalue weighted by Crippen LogP contribution is 2.20. The fourth-order valence-corrected chi connectivity index (χ4v) is 1.60. The summed E-state index contributed by atoms with van der Waals surface area (Å²) < 4.78 is 1.75. The smallest absolute Gasteiger partial charge is 0.224 e. The second kappa shape index (κ2) is 3.38. The number of primary amides is 1. The fraction of sp³-hybridized carbons (Fsp3) is 0.273. The number of hydrogen-bond donors (Lipinski definition) is 1. The zero-order valence-corrected chi connectivity index (χ0v) is 8.77. The van der Waals surface area contributed by atoms with Gasteiger partial charge in [0.25, 0.3) is 0 Å². The summed E-state index contributed by atoms with van der Waals surface area (Å²) in [6.45, 7) is 1.81. The molecular weight excluding hydrogens is 190 g/mol. The second-order valence-electron chi connectivity index (χ2n) is 3.75. The van der Waals surface area contributed by atoms with Crippen molar-refractivity contribution in [3.05, 3.63) is 30.0 Å². The topological polar surface area (TPSA) is 60.9 Å². The van der Waals surface area contributed by atoms with Crippen LogP contribution in [0.4, 0.5) is 0 Å². The van der Waals surface area contributed by atoms with Crippen LogP contribution in [0.2, 0.25) is 0 Å². The van der Waals surface area contributed by atoms with Crippen LogP contribution in [-0.4, -0.2) is 15.7 Å². The highest BCUT2D eigenvalue weighted by molar-refractivity contribution is 5.85. The van der Waals surface area contributed by atoms with Crippen LogP contribution in [0.5, 0.6) is 0 Å². The van der Waals surface area contributed by atoms with Crippen LogP contribution in [0, 0.1) is 0 Å². The van der Waals surface area contributed by atoms with Crippen LogP contribution in [0.3, 0.4) is 0 Å². The van der Waals surface area contributed by atoms with Crippen molar-refractivity contribution < 1.29 is 4.79 Å². The summed E-state index contributed by atoms with van der Waals surface area (Å²) in [5, 5.41) is 5.29. The molecule has 1 atom stereocenters. The lowest BCUT2D eigenvalue weighted by molar-refractivity contribution is -0.119. The van der Waals surface area contributed by atoms with E-state index in [2.05, 4.69) is 5.10 Å². The average molecular weight is 203 g/mol. The summed E-state index contributed by atoms with van der Waals surface area (Å²) in [6, 6.07) is 5.76. The van der Waals surface area contributed by atoms with E-state index in [4.69, 9.17) is 5.73 Å². The second-order valence-corrected chi connectivity index (χ2v) is 3.75. The first-order valence-electron chi connectivity index (χ1n) is 4.80. The van der Waals surface area contributed by atoms with E-state index in [9.17, 15) is 4.79 Å². The van der Waals surface area contributed by atoms with E-state index in [-0.39, 0.29) is 11.8 Å². The molecule has 2 rings (SSSR count). The van der Waals surface area contributed by atoms with Crippen LogP contribution in [0.25, 0.3) is 10.9 Å². The number of benzene rings is 1. The van der Waals surface area contributed by atoms with Gasteiger partial charge in [0.05, 0.1) is 11.4 Å². The van der Waals surface area contributed by atoms with Crippen molar-refractivity contribution in [1.29, 1.82) is 0 Å². The van der Waals surface area contributed by atoms with Gasteiger partial charge in [-0.2, -0.15) is 5.10 Å². The van der Waals surface area contributed by atoms with Gasteiger partial charge in [-0.15, -0.1) is 0 Å². The normalized spacial score (nSPS) is 12.9. The quantitative estimate of drug-likeness (QED) is 0.796. The lowest BCUT2D eigenvalue weighted by Gasteiger charge is -2.06. The van der Waals surface area contributed by atoms with Gasteiger partial charge in [-0.1, -0.05) is 6.07 Å². The SMILES string of the molecule is CC(C(N)=O)c1ccc2nn(C)cc2c1. The van der Waals surface area contributed by atoms with Gasteiger partial charge in [-0.25, -0.2) is 0 Å². The number of rotatable bonds is 2. The van der Waals surface area contributed by atoms with Gasteiger partial charge in [0.15, 0.2) is 0 Å². The molecule has 78 valence electrons. The number of nitrogens with two attached hydrogens (primary N) is 1. The lowest BCUT2D eigenvalue weighted by atomic mass is 9.99. The highest BCUT2D eigenvalue weighted by atomic mass is 16.1. The minimum absolute atomic E-state index is 0.255. The molecule has 0 saturated heterocycles. The molecule has 1 amide bonds. The molecule has 1 aromatic heterocycles. The van der Waals surface area contributed by atoms with E-state index in [0.717, 1.165) is 16.5 Å². The maximum Gasteiger partial charge on any atom is 0.224 e. The van der Waals surface area contributed by atoms with Crippen molar-refractivity contribution in [2.45, 2.75) is 12.8 Å². The Morgan fingerprint density at radius 3 is 2.93 bits per heavy atom. The first kappa shape index (κ1) is 9.71. The van der Waals surface area contributed by atoms with Crippen LogP contribution < -0.4 is 5.73 Å². The van der Waals surface area contributed by atoms with Crippen molar-refractivity contribution in [2.24, 2.45) is 12.8 Å². The summed E-state index contributed by atoms with van der Waals surface area (Å²) in [5.41, 5.74) is 7.12. The molecule has 0 bridgehead atoms. The predicted molar refractivity (Wildman–Crippen MR) is 58.3 cm³/mol. The molecule has 0 fully saturated rings. The van der Waals surface area contributed by atoms with Crippen molar-refractivity contribution in [2.75, 3.05) is 0 Å². The molecule has 1 unspecified atom stereocenters. The van der Waals surface area contributed by atoms with Crippen molar-refractivity contribution in [3.8, 4) is 0 Å². The Labute approximate surface area is 87.7 Å². The third kappa shape index (κ3) is 1.70. The van der Waals surface area contributed by atoms with Gasteiger partial charge in [0, 0.05) is 18.6 Å². The summed E-state index contributed by atoms with van der Waals surface area (Å²) in [7, 11) is 1.87. The Morgan fingerprint density at radius 1 is 1.53 bits per heavy atom. The molecule has 0 aliphatic carbocycles. The summed E-state index contributed by atoms with van der Waals surface area (Å²) in [4.78, 5) is 11.0. The van der Waals surface area contributed by atoms with E-state index >= 15 is 0 Å². The number of nitrogens with zero attached hydrogens (tertiary/aromatic N) is 2. The summed E-state index contributed by atoms with van der Waals surface area (Å²) in [5.74, 6) is -0.562. The molecule has 2 N–H and O–H groups in total. The zero-order chi connectivity index (χ0) is 11.0. The van der Waals surface area contributed by atoms with Crippen LogP contribution in [0.1, 0.15) is 18.4 Å². The van der Waals surface area contributed by atoms with Gasteiger partial charge in [-0.3, -0.25) is 9.48 Å². The summed E-state index contributed by atoms with van der Waals surface area (Å²) >= 11 is 0. The molecule has 0 spiro atoms. The first-order chi connectivity index (χ1) is 7.08. The van der Waals surface area contributed by atoms with Crippen LogP contribution >= 0.6 is 0 Å². The van der Waals surface area contributed by atoms with Crippen molar-refractivity contribution in [1.82, 2.24) is 9.78 Å². The van der Waals surface area contributed by atoms with E-state index in [1.807, 2.05) is 31.4 Å². The van der Waals surface area contributed by atoms with E-state index in [1.54, 1.807) is 11.6 Å². The minimum Gasteiger partial charge on any atom is -0.369 e. The first-order valence-corrected chi connectivity index (χ1v) is 4.80. The Hall–Kier alpha value is -1.84. The molecule has 15 heavy (non-hydrogen) atoms. The molecular formula is C11H13N3O. The molecule has 0 aliphatic rings. The van der Waals surface area contributed by atoms with Crippen molar-refractivity contribution >= 4 is 16.8 Å². The third-order valence-corrected chi connectivity index (χ3v) is 2.57. The van der Waals surface area contributed by atoms with E-state index in [0.29, 0.717) is 0 Å². The van der Waals surface area contributed by atoms with Gasteiger partial charge in [0.2, 0.25) is 5.91 Å². The molecule has 1 heterocycles. The molecule has 0 radical (unpaired) electrons. The van der Waals surface area contributed by atoms with E-state index < -0.39 is 0 Å². The number of carbonyl (C=O) groups is 1. The maximum absolute atomic E-state index is 11.0. The van der Waals surface area contributed by atoms with Crippen LogP contribution in [0.15, 0.2) is 24.4 Å². The molecule has 0 saturated carbocycles. The highest BCUT2D eigenvalue weighted by Gasteiger charge is 2.12. The van der Waals surface area contributed by atoms with Gasteiger partial charge < -0.3 is 5.73 Å². The van der Waals surface area contributed by atoms with Crippen molar-refractivity contribution in [3.63, 3.8) is 0 Å². The molecule has 1 aromatic carbocycles. The average Bonchev–Trinajstić information content (AvgIpc) is 2.55. The number of fused-ring (bicyclic) bond motifs is 1. The van der Waals surface area contributed by atoms with Gasteiger partial charge in [-0.05, 0) is 24.6 Å². The Bertz CT molecular complexity index is 516. The van der Waals surface area contributed by atoms with Gasteiger partial charge >= 0.3 is 0 Å². The number of aromatic nitrogens is 2. The minimum atomic E-state index is -0.307.